The van der Waals surface area contributed by atoms with E-state index in [1.54, 1.807) is 25.3 Å². The number of thioether (sulfide) groups is 1. The first-order valence-electron chi connectivity index (χ1n) is 7.32. The van der Waals surface area contributed by atoms with Crippen molar-refractivity contribution in [1.82, 2.24) is 5.32 Å². The standard InChI is InChI=1S/C17H19NO4S/c1-2-21-16(19)12-23-11-13-5-3-6-14(9-13)17(20)18-10-15-7-4-8-22-15/h3-9H,2,10-12H2,1H3,(H,18,20). The molecule has 5 nitrogen and oxygen atoms in total. The fourth-order valence-corrected chi connectivity index (χ4v) is 2.71. The molecule has 23 heavy (non-hydrogen) atoms. The molecule has 0 unspecified atom stereocenters. The predicted molar refractivity (Wildman–Crippen MR) is 89.1 cm³/mol. The van der Waals surface area contributed by atoms with Gasteiger partial charge in [-0.15, -0.1) is 11.8 Å². The van der Waals surface area contributed by atoms with Crippen molar-refractivity contribution in [1.29, 1.82) is 0 Å². The van der Waals surface area contributed by atoms with Gasteiger partial charge >= 0.3 is 5.97 Å². The zero-order valence-electron chi connectivity index (χ0n) is 12.9. The van der Waals surface area contributed by atoms with Gasteiger partial charge < -0.3 is 14.5 Å². The topological polar surface area (TPSA) is 68.5 Å². The molecule has 0 fully saturated rings. The molecule has 1 N–H and O–H groups in total. The quantitative estimate of drug-likeness (QED) is 0.752. The summed E-state index contributed by atoms with van der Waals surface area (Å²) < 4.78 is 10.1. The molecule has 0 atom stereocenters. The molecule has 0 spiro atoms. The summed E-state index contributed by atoms with van der Waals surface area (Å²) in [6, 6.07) is 10.9. The fourth-order valence-electron chi connectivity index (χ4n) is 1.94. The maximum Gasteiger partial charge on any atom is 0.315 e. The highest BCUT2D eigenvalue weighted by molar-refractivity contribution is 7.99. The Bertz CT molecular complexity index is 640. The minimum Gasteiger partial charge on any atom is -0.467 e. The lowest BCUT2D eigenvalue weighted by Gasteiger charge is -2.06. The van der Waals surface area contributed by atoms with Gasteiger partial charge in [0.2, 0.25) is 0 Å². The van der Waals surface area contributed by atoms with Crippen molar-refractivity contribution in [2.24, 2.45) is 0 Å². The molecule has 0 aliphatic heterocycles. The molecule has 1 aromatic carbocycles. The lowest BCUT2D eigenvalue weighted by molar-refractivity contribution is -0.139. The molecule has 2 aromatic rings. The van der Waals surface area contributed by atoms with E-state index in [2.05, 4.69) is 5.32 Å². The van der Waals surface area contributed by atoms with E-state index in [4.69, 9.17) is 9.15 Å². The molecular weight excluding hydrogens is 314 g/mol. The summed E-state index contributed by atoms with van der Waals surface area (Å²) in [7, 11) is 0. The van der Waals surface area contributed by atoms with Gasteiger partial charge in [0.1, 0.15) is 5.76 Å². The van der Waals surface area contributed by atoms with E-state index in [-0.39, 0.29) is 11.9 Å². The first-order chi connectivity index (χ1) is 11.2. The average molecular weight is 333 g/mol. The second kappa shape index (κ2) is 9.05. The van der Waals surface area contributed by atoms with Gasteiger partial charge in [-0.2, -0.15) is 0 Å². The van der Waals surface area contributed by atoms with Crippen LogP contribution in [0.2, 0.25) is 0 Å². The van der Waals surface area contributed by atoms with Crippen LogP contribution in [0.5, 0.6) is 0 Å². The zero-order valence-corrected chi connectivity index (χ0v) is 13.7. The Morgan fingerprint density at radius 1 is 1.26 bits per heavy atom. The number of hydrogen-bond acceptors (Lipinski definition) is 5. The average Bonchev–Trinajstić information content (AvgIpc) is 3.06. The van der Waals surface area contributed by atoms with E-state index in [0.717, 1.165) is 5.56 Å². The van der Waals surface area contributed by atoms with Crippen LogP contribution in [0, 0.1) is 0 Å². The number of carbonyl (C=O) groups is 2. The number of furan rings is 1. The maximum absolute atomic E-state index is 12.1. The molecule has 0 bridgehead atoms. The predicted octanol–water partition coefficient (Wildman–Crippen LogP) is 3.01. The smallest absolute Gasteiger partial charge is 0.315 e. The zero-order chi connectivity index (χ0) is 16.5. The number of benzene rings is 1. The van der Waals surface area contributed by atoms with Gasteiger partial charge in [0, 0.05) is 11.3 Å². The highest BCUT2D eigenvalue weighted by Gasteiger charge is 2.08. The van der Waals surface area contributed by atoms with Crippen molar-refractivity contribution in [3.05, 3.63) is 59.5 Å². The third kappa shape index (κ3) is 5.83. The van der Waals surface area contributed by atoms with E-state index in [1.165, 1.54) is 11.8 Å². The number of hydrogen-bond donors (Lipinski definition) is 1. The van der Waals surface area contributed by atoms with Gasteiger partial charge in [-0.05, 0) is 36.8 Å². The molecule has 1 amide bonds. The summed E-state index contributed by atoms with van der Waals surface area (Å²) in [5.41, 5.74) is 1.58. The summed E-state index contributed by atoms with van der Waals surface area (Å²) in [5, 5.41) is 2.81. The molecule has 0 saturated carbocycles. The molecule has 0 aliphatic carbocycles. The van der Waals surface area contributed by atoms with Crippen molar-refractivity contribution < 1.29 is 18.7 Å². The van der Waals surface area contributed by atoms with E-state index in [0.29, 0.717) is 36.0 Å². The van der Waals surface area contributed by atoms with Crippen molar-refractivity contribution in [3.63, 3.8) is 0 Å². The largest absolute Gasteiger partial charge is 0.467 e. The molecule has 2 rings (SSSR count). The number of amides is 1. The SMILES string of the molecule is CCOC(=O)CSCc1cccc(C(=O)NCc2ccco2)c1. The summed E-state index contributed by atoms with van der Waals surface area (Å²) >= 11 is 1.46. The van der Waals surface area contributed by atoms with Crippen LogP contribution in [-0.4, -0.2) is 24.2 Å². The Kier molecular flexibility index (Phi) is 6.75. The number of nitrogens with one attached hydrogen (secondary N) is 1. The number of rotatable bonds is 8. The maximum atomic E-state index is 12.1. The molecule has 0 aliphatic rings. The first kappa shape index (κ1) is 17.1. The Morgan fingerprint density at radius 3 is 2.87 bits per heavy atom. The first-order valence-corrected chi connectivity index (χ1v) is 8.47. The molecular formula is C17H19NO4S. The second-order valence-electron chi connectivity index (χ2n) is 4.76. The third-order valence-corrected chi connectivity index (χ3v) is 3.96. The molecule has 1 aromatic heterocycles. The fraction of sp³-hybridized carbons (Fsp3) is 0.294. The summed E-state index contributed by atoms with van der Waals surface area (Å²) in [5.74, 6) is 1.30. The Balaban J connectivity index is 1.83. The van der Waals surface area contributed by atoms with E-state index in [9.17, 15) is 9.59 Å². The number of ether oxygens (including phenoxy) is 1. The van der Waals surface area contributed by atoms with Gasteiger partial charge in [0.25, 0.3) is 5.91 Å². The lowest BCUT2D eigenvalue weighted by Crippen LogP contribution is -2.22. The van der Waals surface area contributed by atoms with Crippen molar-refractivity contribution in [2.75, 3.05) is 12.4 Å². The van der Waals surface area contributed by atoms with Crippen LogP contribution in [0.25, 0.3) is 0 Å². The van der Waals surface area contributed by atoms with Gasteiger partial charge in [-0.1, -0.05) is 12.1 Å². The van der Waals surface area contributed by atoms with Crippen molar-refractivity contribution in [2.45, 2.75) is 19.2 Å². The number of esters is 1. The monoisotopic (exact) mass is 333 g/mol. The van der Waals surface area contributed by atoms with Crippen LogP contribution in [0.1, 0.15) is 28.6 Å². The lowest BCUT2D eigenvalue weighted by atomic mass is 10.1. The van der Waals surface area contributed by atoms with Crippen LogP contribution in [0.4, 0.5) is 0 Å². The van der Waals surface area contributed by atoms with Crippen LogP contribution in [0.15, 0.2) is 47.1 Å². The van der Waals surface area contributed by atoms with Gasteiger partial charge in [0.05, 0.1) is 25.2 Å². The normalized spacial score (nSPS) is 10.3. The Morgan fingerprint density at radius 2 is 2.13 bits per heavy atom. The summed E-state index contributed by atoms with van der Waals surface area (Å²) in [6.07, 6.45) is 1.57. The summed E-state index contributed by atoms with van der Waals surface area (Å²) in [6.45, 7) is 2.53. The molecule has 1 heterocycles. The van der Waals surface area contributed by atoms with E-state index in [1.807, 2.05) is 24.3 Å². The Hall–Kier alpha value is -2.21. The highest BCUT2D eigenvalue weighted by atomic mass is 32.2. The van der Waals surface area contributed by atoms with Crippen LogP contribution in [-0.2, 0) is 21.8 Å². The van der Waals surface area contributed by atoms with Gasteiger partial charge in [-0.3, -0.25) is 9.59 Å². The van der Waals surface area contributed by atoms with E-state index < -0.39 is 0 Å². The van der Waals surface area contributed by atoms with Gasteiger partial charge in [0.15, 0.2) is 0 Å². The van der Waals surface area contributed by atoms with Crippen molar-refractivity contribution in [3.8, 4) is 0 Å². The number of carbonyl (C=O) groups excluding carboxylic acids is 2. The van der Waals surface area contributed by atoms with Crippen molar-refractivity contribution >= 4 is 23.6 Å². The van der Waals surface area contributed by atoms with Crippen LogP contribution >= 0.6 is 11.8 Å². The van der Waals surface area contributed by atoms with E-state index >= 15 is 0 Å². The minimum absolute atomic E-state index is 0.154. The van der Waals surface area contributed by atoms with Crippen LogP contribution < -0.4 is 5.32 Å². The molecule has 0 radical (unpaired) electrons. The van der Waals surface area contributed by atoms with Crippen LogP contribution in [0.3, 0.4) is 0 Å². The summed E-state index contributed by atoms with van der Waals surface area (Å²) in [4.78, 5) is 23.4. The third-order valence-electron chi connectivity index (χ3n) is 2.99. The molecule has 0 saturated heterocycles. The molecule has 6 heteroatoms. The Labute approximate surface area is 139 Å². The minimum atomic E-state index is -0.218. The second-order valence-corrected chi connectivity index (χ2v) is 5.75. The molecule has 122 valence electrons. The van der Waals surface area contributed by atoms with Gasteiger partial charge in [-0.25, -0.2) is 0 Å². The highest BCUT2D eigenvalue weighted by Crippen LogP contribution is 2.14.